The molecule has 4 N–H and O–H groups in total. The van der Waals surface area contributed by atoms with Gasteiger partial charge < -0.3 is 16.4 Å². The number of aryl methyl sites for hydroxylation is 1. The highest BCUT2D eigenvalue weighted by atomic mass is 16.2. The van der Waals surface area contributed by atoms with Crippen molar-refractivity contribution in [3.63, 3.8) is 0 Å². The van der Waals surface area contributed by atoms with Crippen LogP contribution in [0.2, 0.25) is 0 Å². The number of nitrogens with two attached hydrogens (primary N) is 1. The number of carbonyl (C=O) groups is 3. The molecule has 0 radical (unpaired) electrons. The number of amides is 3. The number of piperidine rings is 1. The molecule has 1 aromatic carbocycles. The SMILES string of the molecule is Cc1ccccc1C(=O)NC(CC(C)C)C(=O)NC1CCN(CC(N)=O)CC1. The number of primary amides is 1. The van der Waals surface area contributed by atoms with Crippen molar-refractivity contribution >= 4 is 17.7 Å². The second-order valence-electron chi connectivity index (χ2n) is 8.00. The Bertz CT molecular complexity index is 697. The Morgan fingerprint density at radius 2 is 1.82 bits per heavy atom. The highest BCUT2D eigenvalue weighted by Gasteiger charge is 2.27. The molecule has 0 bridgehead atoms. The van der Waals surface area contributed by atoms with E-state index in [1.807, 2.05) is 43.9 Å². The van der Waals surface area contributed by atoms with Crippen molar-refractivity contribution in [2.75, 3.05) is 19.6 Å². The van der Waals surface area contributed by atoms with Gasteiger partial charge in [-0.25, -0.2) is 0 Å². The van der Waals surface area contributed by atoms with Crippen molar-refractivity contribution in [3.8, 4) is 0 Å². The third-order valence-electron chi connectivity index (χ3n) is 5.03. The summed E-state index contributed by atoms with van der Waals surface area (Å²) in [6.07, 6.45) is 2.10. The standard InChI is InChI=1S/C21H32N4O3/c1-14(2)12-18(24-20(27)17-7-5-4-6-15(17)3)21(28)23-16-8-10-25(11-9-16)13-19(22)26/h4-7,14,16,18H,8-13H2,1-3H3,(H2,22,26)(H,23,28)(H,24,27). The van der Waals surface area contributed by atoms with E-state index < -0.39 is 6.04 Å². The maximum absolute atomic E-state index is 12.8. The monoisotopic (exact) mass is 388 g/mol. The molecule has 0 spiro atoms. The largest absolute Gasteiger partial charge is 0.369 e. The van der Waals surface area contributed by atoms with Crippen molar-refractivity contribution in [1.82, 2.24) is 15.5 Å². The second kappa shape index (κ2) is 10.2. The quantitative estimate of drug-likeness (QED) is 0.622. The van der Waals surface area contributed by atoms with Gasteiger partial charge in [-0.1, -0.05) is 32.0 Å². The number of hydrogen-bond acceptors (Lipinski definition) is 4. The fourth-order valence-electron chi connectivity index (χ4n) is 3.52. The van der Waals surface area contributed by atoms with E-state index in [0.717, 1.165) is 31.5 Å². The van der Waals surface area contributed by atoms with E-state index in [9.17, 15) is 14.4 Å². The minimum Gasteiger partial charge on any atom is -0.369 e. The Morgan fingerprint density at radius 1 is 1.18 bits per heavy atom. The minimum atomic E-state index is -0.573. The van der Waals surface area contributed by atoms with Crippen LogP contribution in [0, 0.1) is 12.8 Å². The zero-order valence-corrected chi connectivity index (χ0v) is 17.0. The summed E-state index contributed by atoms with van der Waals surface area (Å²) in [6.45, 7) is 7.64. The van der Waals surface area contributed by atoms with Gasteiger partial charge in [0.1, 0.15) is 6.04 Å². The highest BCUT2D eigenvalue weighted by Crippen LogP contribution is 2.13. The molecule has 0 aromatic heterocycles. The molecule has 1 aliphatic heterocycles. The molecule has 1 atom stereocenters. The van der Waals surface area contributed by atoms with Crippen LogP contribution in [0.25, 0.3) is 0 Å². The molecule has 7 nitrogen and oxygen atoms in total. The third kappa shape index (κ3) is 6.64. The lowest BCUT2D eigenvalue weighted by Crippen LogP contribution is -2.53. The van der Waals surface area contributed by atoms with Crippen LogP contribution in [-0.4, -0.2) is 54.3 Å². The van der Waals surface area contributed by atoms with Crippen molar-refractivity contribution < 1.29 is 14.4 Å². The second-order valence-corrected chi connectivity index (χ2v) is 8.00. The zero-order chi connectivity index (χ0) is 20.7. The van der Waals surface area contributed by atoms with E-state index in [4.69, 9.17) is 5.73 Å². The summed E-state index contributed by atoms with van der Waals surface area (Å²) in [6, 6.07) is 6.82. The first-order chi connectivity index (χ1) is 13.3. The van der Waals surface area contributed by atoms with Crippen molar-refractivity contribution in [1.29, 1.82) is 0 Å². The first-order valence-electron chi connectivity index (χ1n) is 9.93. The Morgan fingerprint density at radius 3 is 2.39 bits per heavy atom. The smallest absolute Gasteiger partial charge is 0.252 e. The van der Waals surface area contributed by atoms with Crippen LogP contribution in [0.15, 0.2) is 24.3 Å². The summed E-state index contributed by atoms with van der Waals surface area (Å²) in [5.74, 6) is -0.442. The maximum atomic E-state index is 12.8. The third-order valence-corrected chi connectivity index (χ3v) is 5.03. The molecule has 1 saturated heterocycles. The van der Waals surface area contributed by atoms with Crippen molar-refractivity contribution in [3.05, 3.63) is 35.4 Å². The number of nitrogens with one attached hydrogen (secondary N) is 2. The first kappa shape index (κ1) is 21.9. The normalized spacial score (nSPS) is 16.6. The molecular formula is C21H32N4O3. The van der Waals surface area contributed by atoms with Gasteiger partial charge in [0.15, 0.2) is 0 Å². The lowest BCUT2D eigenvalue weighted by Gasteiger charge is -2.32. The summed E-state index contributed by atoms with van der Waals surface area (Å²) < 4.78 is 0. The Labute approximate surface area is 167 Å². The first-order valence-corrected chi connectivity index (χ1v) is 9.93. The van der Waals surface area contributed by atoms with Crippen LogP contribution < -0.4 is 16.4 Å². The molecule has 1 heterocycles. The minimum absolute atomic E-state index is 0.0432. The molecule has 1 aromatic rings. The summed E-state index contributed by atoms with van der Waals surface area (Å²) >= 11 is 0. The van der Waals surface area contributed by atoms with Crippen LogP contribution in [-0.2, 0) is 9.59 Å². The Balaban J connectivity index is 1.95. The number of hydrogen-bond donors (Lipinski definition) is 3. The van der Waals surface area contributed by atoms with Crippen LogP contribution in [0.4, 0.5) is 0 Å². The lowest BCUT2D eigenvalue weighted by atomic mass is 10.00. The summed E-state index contributed by atoms with van der Waals surface area (Å²) in [5.41, 5.74) is 6.71. The summed E-state index contributed by atoms with van der Waals surface area (Å²) in [4.78, 5) is 38.5. The predicted octanol–water partition coefficient (Wildman–Crippen LogP) is 1.21. The number of likely N-dealkylation sites (tertiary alicyclic amines) is 1. The molecular weight excluding hydrogens is 356 g/mol. The summed E-state index contributed by atoms with van der Waals surface area (Å²) in [7, 11) is 0. The molecule has 1 aliphatic rings. The number of rotatable bonds is 8. The van der Waals surface area contributed by atoms with Gasteiger partial charge in [0.05, 0.1) is 6.54 Å². The highest BCUT2D eigenvalue weighted by molar-refractivity contribution is 5.98. The average Bonchev–Trinajstić information content (AvgIpc) is 2.62. The number of nitrogens with zero attached hydrogens (tertiary/aromatic N) is 1. The van der Waals surface area contributed by atoms with Gasteiger partial charge in [-0.15, -0.1) is 0 Å². The molecule has 1 fully saturated rings. The van der Waals surface area contributed by atoms with Crippen LogP contribution >= 0.6 is 0 Å². The lowest BCUT2D eigenvalue weighted by molar-refractivity contribution is -0.125. The van der Waals surface area contributed by atoms with E-state index in [-0.39, 0.29) is 36.2 Å². The zero-order valence-electron chi connectivity index (χ0n) is 17.0. The van der Waals surface area contributed by atoms with E-state index in [2.05, 4.69) is 10.6 Å². The molecule has 0 aliphatic carbocycles. The molecule has 28 heavy (non-hydrogen) atoms. The van der Waals surface area contributed by atoms with Crippen LogP contribution in [0.5, 0.6) is 0 Å². The van der Waals surface area contributed by atoms with E-state index in [0.29, 0.717) is 12.0 Å². The van der Waals surface area contributed by atoms with Gasteiger partial charge in [-0.3, -0.25) is 19.3 Å². The molecule has 2 rings (SSSR count). The van der Waals surface area contributed by atoms with Crippen LogP contribution in [0.3, 0.4) is 0 Å². The van der Waals surface area contributed by atoms with E-state index in [1.54, 1.807) is 6.07 Å². The fourth-order valence-corrected chi connectivity index (χ4v) is 3.52. The molecule has 0 saturated carbocycles. The number of carbonyl (C=O) groups excluding carboxylic acids is 3. The molecule has 1 unspecified atom stereocenters. The van der Waals surface area contributed by atoms with Gasteiger partial charge in [0.2, 0.25) is 11.8 Å². The molecule has 7 heteroatoms. The number of benzene rings is 1. The molecule has 154 valence electrons. The van der Waals surface area contributed by atoms with Gasteiger partial charge in [-0.05, 0) is 43.7 Å². The predicted molar refractivity (Wildman–Crippen MR) is 109 cm³/mol. The average molecular weight is 389 g/mol. The van der Waals surface area contributed by atoms with E-state index >= 15 is 0 Å². The topological polar surface area (TPSA) is 105 Å². The summed E-state index contributed by atoms with van der Waals surface area (Å²) in [5, 5.41) is 5.98. The maximum Gasteiger partial charge on any atom is 0.252 e. The molecule has 3 amide bonds. The van der Waals surface area contributed by atoms with Gasteiger partial charge in [0, 0.05) is 24.7 Å². The van der Waals surface area contributed by atoms with Gasteiger partial charge in [0.25, 0.3) is 5.91 Å². The van der Waals surface area contributed by atoms with Crippen molar-refractivity contribution in [2.24, 2.45) is 11.7 Å². The van der Waals surface area contributed by atoms with Gasteiger partial charge in [-0.2, -0.15) is 0 Å². The Kier molecular flexibility index (Phi) is 7.99. The van der Waals surface area contributed by atoms with E-state index in [1.165, 1.54) is 0 Å². The van der Waals surface area contributed by atoms with Crippen LogP contribution in [0.1, 0.15) is 49.0 Å². The Hall–Kier alpha value is -2.41. The fraction of sp³-hybridized carbons (Fsp3) is 0.571. The van der Waals surface area contributed by atoms with Crippen molar-refractivity contribution in [2.45, 2.75) is 52.1 Å². The van der Waals surface area contributed by atoms with Gasteiger partial charge >= 0.3 is 0 Å².